The maximum Gasteiger partial charge on any atom is 0.193 e. The SMILES string of the molecule is CCNC(=NCCCCn1cnnc1)N1CCC(OCCCOC)CC1.I. The number of likely N-dealkylation sites (tertiary alicyclic amines) is 1. The van der Waals surface area contributed by atoms with Crippen LogP contribution in [-0.4, -0.2) is 78.2 Å². The van der Waals surface area contributed by atoms with E-state index in [4.69, 9.17) is 14.5 Å². The summed E-state index contributed by atoms with van der Waals surface area (Å²) >= 11 is 0. The number of ether oxygens (including phenoxy) is 2. The molecule has 1 aromatic rings. The lowest BCUT2D eigenvalue weighted by atomic mass is 10.1. The van der Waals surface area contributed by atoms with E-state index in [0.717, 1.165) is 84.0 Å². The lowest BCUT2D eigenvalue weighted by Crippen LogP contribution is -2.47. The third-order valence-corrected chi connectivity index (χ3v) is 4.48. The van der Waals surface area contributed by atoms with Crippen LogP contribution < -0.4 is 5.32 Å². The largest absolute Gasteiger partial charge is 0.385 e. The fraction of sp³-hybridized carbons (Fsp3) is 0.833. The van der Waals surface area contributed by atoms with E-state index in [1.807, 2.05) is 4.57 Å². The molecule has 1 aromatic heterocycles. The van der Waals surface area contributed by atoms with Gasteiger partial charge in [0.15, 0.2) is 5.96 Å². The normalized spacial score (nSPS) is 15.6. The number of aromatic nitrogens is 3. The van der Waals surface area contributed by atoms with E-state index in [-0.39, 0.29) is 24.0 Å². The molecule has 1 N–H and O–H groups in total. The van der Waals surface area contributed by atoms with Crippen molar-refractivity contribution in [3.8, 4) is 0 Å². The van der Waals surface area contributed by atoms with Crippen LogP contribution in [0, 0.1) is 0 Å². The number of rotatable bonds is 11. The minimum Gasteiger partial charge on any atom is -0.385 e. The van der Waals surface area contributed by atoms with Crippen LogP contribution in [0.25, 0.3) is 0 Å². The summed E-state index contributed by atoms with van der Waals surface area (Å²) in [7, 11) is 1.73. The van der Waals surface area contributed by atoms with Crippen LogP contribution in [0.4, 0.5) is 0 Å². The number of halogens is 1. The molecule has 0 saturated carbocycles. The fourth-order valence-electron chi connectivity index (χ4n) is 3.04. The number of guanidine groups is 1. The Morgan fingerprint density at radius 1 is 1.15 bits per heavy atom. The molecule has 9 heteroatoms. The quantitative estimate of drug-likeness (QED) is 0.220. The molecule has 27 heavy (non-hydrogen) atoms. The summed E-state index contributed by atoms with van der Waals surface area (Å²) < 4.78 is 13.0. The van der Waals surface area contributed by atoms with Crippen molar-refractivity contribution >= 4 is 29.9 Å². The molecular weight excluding hydrogens is 459 g/mol. The van der Waals surface area contributed by atoms with Gasteiger partial charge in [-0.1, -0.05) is 0 Å². The molecule has 0 amide bonds. The van der Waals surface area contributed by atoms with Crippen molar-refractivity contribution in [3.63, 3.8) is 0 Å². The first-order chi connectivity index (χ1) is 12.8. The number of piperidine rings is 1. The molecule has 0 atom stereocenters. The molecular formula is C18H35IN6O2. The number of nitrogens with zero attached hydrogens (tertiary/aromatic N) is 5. The summed E-state index contributed by atoms with van der Waals surface area (Å²) in [6.07, 6.45) is 9.12. The van der Waals surface area contributed by atoms with Gasteiger partial charge >= 0.3 is 0 Å². The summed E-state index contributed by atoms with van der Waals surface area (Å²) in [5.74, 6) is 1.04. The van der Waals surface area contributed by atoms with Crippen molar-refractivity contribution in [3.05, 3.63) is 12.7 Å². The Morgan fingerprint density at radius 3 is 2.56 bits per heavy atom. The third-order valence-electron chi connectivity index (χ3n) is 4.48. The molecule has 1 fully saturated rings. The summed E-state index contributed by atoms with van der Waals surface area (Å²) in [6.45, 7) is 8.37. The Hall–Kier alpha value is -0.940. The zero-order valence-corrected chi connectivity index (χ0v) is 19.0. The lowest BCUT2D eigenvalue weighted by molar-refractivity contribution is 0.00990. The predicted molar refractivity (Wildman–Crippen MR) is 118 cm³/mol. The van der Waals surface area contributed by atoms with Crippen molar-refractivity contribution in [2.75, 3.05) is 46.5 Å². The molecule has 0 aromatic carbocycles. The van der Waals surface area contributed by atoms with E-state index in [2.05, 4.69) is 27.3 Å². The van der Waals surface area contributed by atoms with E-state index in [1.54, 1.807) is 19.8 Å². The highest BCUT2D eigenvalue weighted by atomic mass is 127. The first-order valence-electron chi connectivity index (χ1n) is 9.79. The van der Waals surface area contributed by atoms with Crippen molar-refractivity contribution < 1.29 is 9.47 Å². The van der Waals surface area contributed by atoms with E-state index in [1.165, 1.54) is 0 Å². The molecule has 0 unspecified atom stereocenters. The maximum atomic E-state index is 5.94. The van der Waals surface area contributed by atoms with Gasteiger partial charge in [-0.15, -0.1) is 34.2 Å². The van der Waals surface area contributed by atoms with Gasteiger partial charge in [0.05, 0.1) is 6.10 Å². The molecule has 2 heterocycles. The lowest BCUT2D eigenvalue weighted by Gasteiger charge is -2.34. The Bertz CT molecular complexity index is 492. The van der Waals surface area contributed by atoms with Gasteiger partial charge in [-0.3, -0.25) is 4.99 Å². The number of aryl methyl sites for hydroxylation is 1. The first kappa shape index (κ1) is 24.1. The van der Waals surface area contributed by atoms with E-state index < -0.39 is 0 Å². The molecule has 1 saturated heterocycles. The molecule has 0 radical (unpaired) electrons. The first-order valence-corrected chi connectivity index (χ1v) is 9.79. The topological polar surface area (TPSA) is 76.8 Å². The van der Waals surface area contributed by atoms with Gasteiger partial charge in [0.25, 0.3) is 0 Å². The minimum atomic E-state index is 0. The zero-order valence-electron chi connectivity index (χ0n) is 16.7. The zero-order chi connectivity index (χ0) is 18.5. The van der Waals surface area contributed by atoms with Crippen molar-refractivity contribution in [1.29, 1.82) is 0 Å². The number of hydrogen-bond donors (Lipinski definition) is 1. The van der Waals surface area contributed by atoms with Gasteiger partial charge in [0.1, 0.15) is 12.7 Å². The van der Waals surface area contributed by atoms with Gasteiger partial charge in [-0.2, -0.15) is 0 Å². The number of hydrogen-bond acceptors (Lipinski definition) is 5. The fourth-order valence-corrected chi connectivity index (χ4v) is 3.04. The smallest absolute Gasteiger partial charge is 0.193 e. The van der Waals surface area contributed by atoms with Gasteiger partial charge in [0, 0.05) is 53.0 Å². The molecule has 0 spiro atoms. The average molecular weight is 494 g/mol. The molecule has 2 rings (SSSR count). The molecule has 1 aliphatic heterocycles. The second-order valence-electron chi connectivity index (χ2n) is 6.55. The number of unbranched alkanes of at least 4 members (excludes halogenated alkanes) is 1. The maximum absolute atomic E-state index is 5.94. The molecule has 1 aliphatic rings. The standard InChI is InChI=1S/C18H34N6O2.HI/c1-3-19-18(20-9-4-5-10-23-15-21-22-16-23)24-11-7-17(8-12-24)26-14-6-13-25-2;/h15-17H,3-14H2,1-2H3,(H,19,20);1H. The van der Waals surface area contributed by atoms with Crippen LogP contribution in [0.3, 0.4) is 0 Å². The number of nitrogens with one attached hydrogen (secondary N) is 1. The Kier molecular flexibility index (Phi) is 13.4. The summed E-state index contributed by atoms with van der Waals surface area (Å²) in [6, 6.07) is 0. The van der Waals surface area contributed by atoms with Crippen LogP contribution in [-0.2, 0) is 16.0 Å². The second-order valence-corrected chi connectivity index (χ2v) is 6.55. The van der Waals surface area contributed by atoms with Gasteiger partial charge < -0.3 is 24.3 Å². The van der Waals surface area contributed by atoms with Gasteiger partial charge in [0.2, 0.25) is 0 Å². The third kappa shape index (κ3) is 9.70. The molecule has 0 bridgehead atoms. The summed E-state index contributed by atoms with van der Waals surface area (Å²) in [4.78, 5) is 7.16. The van der Waals surface area contributed by atoms with Gasteiger partial charge in [-0.25, -0.2) is 0 Å². The van der Waals surface area contributed by atoms with Gasteiger partial charge in [-0.05, 0) is 39.0 Å². The van der Waals surface area contributed by atoms with E-state index >= 15 is 0 Å². The number of aliphatic imine (C=N–C) groups is 1. The highest BCUT2D eigenvalue weighted by molar-refractivity contribution is 14.0. The van der Waals surface area contributed by atoms with Crippen molar-refractivity contribution in [1.82, 2.24) is 25.0 Å². The van der Waals surface area contributed by atoms with Crippen LogP contribution in [0.5, 0.6) is 0 Å². The Balaban J connectivity index is 0.00000364. The molecule has 156 valence electrons. The van der Waals surface area contributed by atoms with E-state index in [9.17, 15) is 0 Å². The number of methoxy groups -OCH3 is 1. The highest BCUT2D eigenvalue weighted by Gasteiger charge is 2.21. The van der Waals surface area contributed by atoms with Crippen LogP contribution in [0.15, 0.2) is 17.6 Å². The molecule has 0 aliphatic carbocycles. The monoisotopic (exact) mass is 494 g/mol. The minimum absolute atomic E-state index is 0. The Labute approximate surface area is 180 Å². The van der Waals surface area contributed by atoms with Crippen LogP contribution in [0.1, 0.15) is 39.0 Å². The molecule has 8 nitrogen and oxygen atoms in total. The van der Waals surface area contributed by atoms with Crippen LogP contribution in [0.2, 0.25) is 0 Å². The highest BCUT2D eigenvalue weighted by Crippen LogP contribution is 2.14. The van der Waals surface area contributed by atoms with E-state index in [0.29, 0.717) is 6.10 Å². The summed E-state index contributed by atoms with van der Waals surface area (Å²) in [5, 5.41) is 11.1. The predicted octanol–water partition coefficient (Wildman–Crippen LogP) is 2.16. The van der Waals surface area contributed by atoms with Crippen molar-refractivity contribution in [2.24, 2.45) is 4.99 Å². The summed E-state index contributed by atoms with van der Waals surface area (Å²) in [5.41, 5.74) is 0. The van der Waals surface area contributed by atoms with Crippen LogP contribution >= 0.6 is 24.0 Å². The Morgan fingerprint density at radius 2 is 1.89 bits per heavy atom. The van der Waals surface area contributed by atoms with Crippen molar-refractivity contribution in [2.45, 2.75) is 51.7 Å². The average Bonchev–Trinajstić information content (AvgIpc) is 3.18. The second kappa shape index (κ2) is 15.0.